The Kier molecular flexibility index (Phi) is 14.8. The molecule has 3 aromatic rings. The molecule has 0 aliphatic rings. The van der Waals surface area contributed by atoms with E-state index in [2.05, 4.69) is 90.1 Å². The normalized spacial score (nSPS) is 11.1. The van der Waals surface area contributed by atoms with Gasteiger partial charge >= 0.3 is 0 Å². The van der Waals surface area contributed by atoms with Gasteiger partial charge in [-0.3, -0.25) is 0 Å². The zero-order valence-corrected chi connectivity index (χ0v) is 27.5. The Labute approximate surface area is 257 Å². The lowest BCUT2D eigenvalue weighted by Gasteiger charge is -2.19. The monoisotopic (exact) mass is 572 g/mol. The molecule has 0 spiro atoms. The van der Waals surface area contributed by atoms with Crippen LogP contribution in [0.1, 0.15) is 115 Å². The molecule has 0 saturated heterocycles. The van der Waals surface area contributed by atoms with Gasteiger partial charge in [0, 0.05) is 11.1 Å². The summed E-state index contributed by atoms with van der Waals surface area (Å²) in [5, 5.41) is 0. The van der Waals surface area contributed by atoms with E-state index in [1.54, 1.807) is 0 Å². The van der Waals surface area contributed by atoms with E-state index in [9.17, 15) is 0 Å². The Hall–Kier alpha value is -2.94. The standard InChI is InChI=1S/C39H56O3/c1-7-10-13-16-23-40-37-28-33(21-20-31(37)5)36-27-32(6)35(29-39(36)42-25-18-15-12-9-3)34-22-19-30(4)26-38(34)41-24-17-14-11-8-2/h19-22,26-29H,7-18,23-25H2,1-6H3. The van der Waals surface area contributed by atoms with Gasteiger partial charge in [-0.2, -0.15) is 0 Å². The summed E-state index contributed by atoms with van der Waals surface area (Å²) in [5.74, 6) is 2.86. The molecule has 0 aliphatic carbocycles. The highest BCUT2D eigenvalue weighted by molar-refractivity contribution is 5.82. The molecule has 3 heteroatoms. The van der Waals surface area contributed by atoms with E-state index in [0.717, 1.165) is 73.0 Å². The topological polar surface area (TPSA) is 27.7 Å². The molecule has 3 rings (SSSR count). The van der Waals surface area contributed by atoms with Crippen molar-refractivity contribution in [2.45, 2.75) is 119 Å². The van der Waals surface area contributed by atoms with Crippen molar-refractivity contribution >= 4 is 0 Å². The van der Waals surface area contributed by atoms with E-state index in [1.165, 1.54) is 80.0 Å². The highest BCUT2D eigenvalue weighted by Crippen LogP contribution is 2.41. The van der Waals surface area contributed by atoms with Crippen LogP contribution in [0.15, 0.2) is 48.5 Å². The molecule has 0 saturated carbocycles. The molecule has 0 atom stereocenters. The average molecular weight is 573 g/mol. The summed E-state index contributed by atoms with van der Waals surface area (Å²) in [5.41, 5.74) is 8.17. The Morgan fingerprint density at radius 2 is 0.976 bits per heavy atom. The van der Waals surface area contributed by atoms with Crippen molar-refractivity contribution < 1.29 is 14.2 Å². The molecular weight excluding hydrogens is 516 g/mol. The lowest BCUT2D eigenvalue weighted by atomic mass is 9.93. The first-order valence-electron chi connectivity index (χ1n) is 16.7. The molecule has 0 heterocycles. The van der Waals surface area contributed by atoms with Crippen molar-refractivity contribution in [2.75, 3.05) is 19.8 Å². The van der Waals surface area contributed by atoms with Crippen LogP contribution in [0.5, 0.6) is 17.2 Å². The highest BCUT2D eigenvalue weighted by atomic mass is 16.5. The first kappa shape index (κ1) is 33.6. The third kappa shape index (κ3) is 10.4. The maximum absolute atomic E-state index is 6.56. The Bertz CT molecular complexity index is 1210. The Morgan fingerprint density at radius 3 is 1.55 bits per heavy atom. The lowest BCUT2D eigenvalue weighted by molar-refractivity contribution is 0.303. The van der Waals surface area contributed by atoms with Crippen LogP contribution in [0.25, 0.3) is 22.3 Å². The number of aryl methyl sites for hydroxylation is 3. The zero-order chi connectivity index (χ0) is 30.2. The van der Waals surface area contributed by atoms with Gasteiger partial charge in [0.05, 0.1) is 19.8 Å². The van der Waals surface area contributed by atoms with Gasteiger partial charge in [-0.25, -0.2) is 0 Å². The Morgan fingerprint density at radius 1 is 0.429 bits per heavy atom. The second-order valence-electron chi connectivity index (χ2n) is 11.9. The maximum Gasteiger partial charge on any atom is 0.127 e. The van der Waals surface area contributed by atoms with Crippen LogP contribution in [-0.2, 0) is 0 Å². The molecule has 230 valence electrons. The molecule has 3 nitrogen and oxygen atoms in total. The van der Waals surface area contributed by atoms with Crippen molar-refractivity contribution in [1.29, 1.82) is 0 Å². The van der Waals surface area contributed by atoms with E-state index < -0.39 is 0 Å². The predicted octanol–water partition coefficient (Wildman–Crippen LogP) is 11.8. The fourth-order valence-electron chi connectivity index (χ4n) is 5.35. The molecule has 42 heavy (non-hydrogen) atoms. The van der Waals surface area contributed by atoms with Gasteiger partial charge in [0.25, 0.3) is 0 Å². The van der Waals surface area contributed by atoms with Crippen molar-refractivity contribution in [2.24, 2.45) is 0 Å². The minimum Gasteiger partial charge on any atom is -0.493 e. The molecule has 0 radical (unpaired) electrons. The van der Waals surface area contributed by atoms with Gasteiger partial charge in [-0.05, 0) is 92.1 Å². The molecule has 0 fully saturated rings. The summed E-state index contributed by atoms with van der Waals surface area (Å²) in [6.07, 6.45) is 14.3. The quantitative estimate of drug-likeness (QED) is 0.126. The molecular formula is C39H56O3. The SMILES string of the molecule is CCCCCCOc1cc(-c2cc(C)c(-c3ccc(C)cc3OCCCCCC)cc2OCCCCCC)ccc1C. The van der Waals surface area contributed by atoms with Gasteiger partial charge in [0.15, 0.2) is 0 Å². The van der Waals surface area contributed by atoms with Crippen LogP contribution < -0.4 is 14.2 Å². The van der Waals surface area contributed by atoms with Gasteiger partial charge in [0.2, 0.25) is 0 Å². The van der Waals surface area contributed by atoms with Crippen LogP contribution in [-0.4, -0.2) is 19.8 Å². The van der Waals surface area contributed by atoms with Crippen LogP contribution in [0.2, 0.25) is 0 Å². The van der Waals surface area contributed by atoms with Gasteiger partial charge in [-0.1, -0.05) is 103 Å². The van der Waals surface area contributed by atoms with Gasteiger partial charge < -0.3 is 14.2 Å². The number of benzene rings is 3. The van der Waals surface area contributed by atoms with Crippen molar-refractivity contribution in [3.05, 3.63) is 65.2 Å². The van der Waals surface area contributed by atoms with Crippen molar-refractivity contribution in [3.63, 3.8) is 0 Å². The summed E-state index contributed by atoms with van der Waals surface area (Å²) in [4.78, 5) is 0. The third-order valence-electron chi connectivity index (χ3n) is 8.02. The second-order valence-corrected chi connectivity index (χ2v) is 11.9. The summed E-state index contributed by atoms with van der Waals surface area (Å²) < 4.78 is 19.2. The summed E-state index contributed by atoms with van der Waals surface area (Å²) in [6, 6.07) is 17.7. The van der Waals surface area contributed by atoms with Gasteiger partial charge in [-0.15, -0.1) is 0 Å². The molecule has 0 bridgehead atoms. The molecule has 0 unspecified atom stereocenters. The number of ether oxygens (including phenoxy) is 3. The van der Waals surface area contributed by atoms with E-state index in [4.69, 9.17) is 14.2 Å². The zero-order valence-electron chi connectivity index (χ0n) is 27.5. The number of rotatable bonds is 20. The van der Waals surface area contributed by atoms with Crippen LogP contribution in [0.3, 0.4) is 0 Å². The minimum atomic E-state index is 0.719. The first-order valence-corrected chi connectivity index (χ1v) is 16.7. The second kappa shape index (κ2) is 18.6. The van der Waals surface area contributed by atoms with E-state index in [1.807, 2.05) is 0 Å². The smallest absolute Gasteiger partial charge is 0.127 e. The molecule has 3 aromatic carbocycles. The largest absolute Gasteiger partial charge is 0.493 e. The Balaban J connectivity index is 1.95. The summed E-state index contributed by atoms with van der Waals surface area (Å²) in [6.45, 7) is 15.4. The van der Waals surface area contributed by atoms with Crippen LogP contribution in [0.4, 0.5) is 0 Å². The van der Waals surface area contributed by atoms with E-state index in [-0.39, 0.29) is 0 Å². The number of unbranched alkanes of at least 4 members (excludes halogenated alkanes) is 9. The third-order valence-corrected chi connectivity index (χ3v) is 8.02. The maximum atomic E-state index is 6.56. The molecule has 0 aliphatic heterocycles. The fraction of sp³-hybridized carbons (Fsp3) is 0.538. The number of hydrogen-bond donors (Lipinski definition) is 0. The van der Waals surface area contributed by atoms with E-state index in [0.29, 0.717) is 0 Å². The molecule has 0 amide bonds. The first-order chi connectivity index (χ1) is 20.5. The minimum absolute atomic E-state index is 0.719. The number of hydrogen-bond acceptors (Lipinski definition) is 3. The predicted molar refractivity (Wildman–Crippen MR) is 180 cm³/mol. The average Bonchev–Trinajstić information content (AvgIpc) is 2.98. The lowest BCUT2D eigenvalue weighted by Crippen LogP contribution is -2.03. The van der Waals surface area contributed by atoms with E-state index >= 15 is 0 Å². The van der Waals surface area contributed by atoms with Crippen molar-refractivity contribution in [1.82, 2.24) is 0 Å². The molecule has 0 N–H and O–H groups in total. The highest BCUT2D eigenvalue weighted by Gasteiger charge is 2.17. The van der Waals surface area contributed by atoms with Crippen LogP contribution >= 0.6 is 0 Å². The summed E-state index contributed by atoms with van der Waals surface area (Å²) in [7, 11) is 0. The summed E-state index contributed by atoms with van der Waals surface area (Å²) >= 11 is 0. The molecule has 0 aromatic heterocycles. The van der Waals surface area contributed by atoms with Gasteiger partial charge in [0.1, 0.15) is 17.2 Å². The van der Waals surface area contributed by atoms with Crippen molar-refractivity contribution in [3.8, 4) is 39.5 Å². The van der Waals surface area contributed by atoms with Crippen LogP contribution in [0, 0.1) is 20.8 Å². The fourth-order valence-corrected chi connectivity index (χ4v) is 5.35.